The van der Waals surface area contributed by atoms with Gasteiger partial charge in [0.15, 0.2) is 5.79 Å². The molecule has 1 aliphatic carbocycles. The van der Waals surface area contributed by atoms with Gasteiger partial charge in [0.2, 0.25) is 0 Å². The van der Waals surface area contributed by atoms with E-state index in [0.29, 0.717) is 55.8 Å². The number of fused-ring (bicyclic) bond motifs is 2. The highest BCUT2D eigenvalue weighted by Gasteiger charge is 2.60. The fourth-order valence-corrected chi connectivity index (χ4v) is 8.58. The zero-order valence-electron chi connectivity index (χ0n) is 30.4. The number of carbonyl (C=O) groups excluding carboxylic acids is 1. The maximum atomic E-state index is 14.1. The van der Waals surface area contributed by atoms with Gasteiger partial charge >= 0.3 is 5.97 Å². The van der Waals surface area contributed by atoms with Gasteiger partial charge in [0, 0.05) is 37.3 Å². The summed E-state index contributed by atoms with van der Waals surface area (Å²) in [5.41, 5.74) is 1.11. The van der Waals surface area contributed by atoms with Crippen molar-refractivity contribution >= 4 is 11.7 Å². The van der Waals surface area contributed by atoms with Gasteiger partial charge < -0.3 is 33.9 Å². The summed E-state index contributed by atoms with van der Waals surface area (Å²) in [6.07, 6.45) is 10.5. The largest absolute Gasteiger partial charge is 0.462 e. The van der Waals surface area contributed by atoms with Gasteiger partial charge in [-0.3, -0.25) is 14.9 Å². The van der Waals surface area contributed by atoms with Crippen molar-refractivity contribution in [3.05, 3.63) is 87.0 Å². The second-order valence-corrected chi connectivity index (χ2v) is 15.2. The van der Waals surface area contributed by atoms with Crippen molar-refractivity contribution in [2.24, 2.45) is 17.8 Å². The number of nitrogens with zero attached hydrogens (tertiary/aromatic N) is 1. The molecule has 3 saturated heterocycles. The average molecular weight is 708 g/mol. The van der Waals surface area contributed by atoms with Crippen molar-refractivity contribution in [1.82, 2.24) is 0 Å². The molecule has 1 aromatic carbocycles. The maximum absolute atomic E-state index is 14.1. The van der Waals surface area contributed by atoms with Crippen LogP contribution in [0.25, 0.3) is 0 Å². The molecule has 0 amide bonds. The number of esters is 1. The lowest BCUT2D eigenvalue weighted by Gasteiger charge is -2.50. The summed E-state index contributed by atoms with van der Waals surface area (Å²) in [5, 5.41) is 34.7. The van der Waals surface area contributed by atoms with Gasteiger partial charge in [-0.1, -0.05) is 63.3 Å². The molecule has 51 heavy (non-hydrogen) atoms. The van der Waals surface area contributed by atoms with Crippen molar-refractivity contribution < 1.29 is 43.6 Å². The average Bonchev–Trinajstić information content (AvgIpc) is 3.44. The van der Waals surface area contributed by atoms with Gasteiger partial charge in [0.1, 0.15) is 29.8 Å². The molecule has 2 bridgehead atoms. The number of nitro benzene ring substituents is 1. The monoisotopic (exact) mass is 707 g/mol. The van der Waals surface area contributed by atoms with Crippen LogP contribution in [-0.2, 0) is 34.9 Å². The van der Waals surface area contributed by atoms with Gasteiger partial charge in [0.25, 0.3) is 5.69 Å². The van der Waals surface area contributed by atoms with Gasteiger partial charge in [-0.25, -0.2) is 0 Å². The van der Waals surface area contributed by atoms with Crippen LogP contribution >= 0.6 is 0 Å². The van der Waals surface area contributed by atoms with Crippen molar-refractivity contribution in [2.75, 3.05) is 13.2 Å². The quantitative estimate of drug-likeness (QED) is 0.155. The van der Waals surface area contributed by atoms with E-state index in [4.69, 9.17) is 23.7 Å². The molecule has 0 radical (unpaired) electrons. The van der Waals surface area contributed by atoms with Crippen LogP contribution in [0.5, 0.6) is 0 Å². The van der Waals surface area contributed by atoms with Crippen LogP contribution in [-0.4, -0.2) is 82.3 Å². The Balaban J connectivity index is 1.33. The molecule has 0 aromatic heterocycles. The number of non-ortho nitro benzene ring substituents is 1. The summed E-state index contributed by atoms with van der Waals surface area (Å²) in [4.78, 5) is 25.0. The minimum absolute atomic E-state index is 0.0238. The van der Waals surface area contributed by atoms with Crippen LogP contribution in [0.3, 0.4) is 0 Å². The first kappa shape index (κ1) is 37.6. The lowest BCUT2D eigenvalue weighted by Crippen LogP contribution is -2.58. The fourth-order valence-electron chi connectivity index (χ4n) is 8.58. The summed E-state index contributed by atoms with van der Waals surface area (Å²) in [6.45, 7) is 10.5. The summed E-state index contributed by atoms with van der Waals surface area (Å²) in [6, 6.07) is 6.60. The zero-order chi connectivity index (χ0) is 36.5. The van der Waals surface area contributed by atoms with E-state index >= 15 is 0 Å². The molecule has 278 valence electrons. The number of hydrogen-bond donors (Lipinski definition) is 2. The SMILES string of the molecule is CC[C@H]1O[C@]2(CC[C@@H]1C)C[C@@H]1C[C@@H](C/C=C(\C)[C@H](OCCc3cccc([N+](=O)[O-])c3)[C@@H](C)/C=C/C=C3\CO[C@@H]4[C@H](O)C(C)=C[C@@H](C(=O)O1)[C@]34O)O2. The first-order valence-electron chi connectivity index (χ1n) is 18.5. The highest BCUT2D eigenvalue weighted by molar-refractivity contribution is 5.78. The Morgan fingerprint density at radius 3 is 2.71 bits per heavy atom. The topological polar surface area (TPSA) is 147 Å². The predicted octanol–water partition coefficient (Wildman–Crippen LogP) is 6.07. The molecule has 2 N–H and O–H groups in total. The Morgan fingerprint density at radius 2 is 1.94 bits per heavy atom. The molecular formula is C40H53NO10. The van der Waals surface area contributed by atoms with Crippen molar-refractivity contribution in [1.29, 1.82) is 0 Å². The number of aliphatic hydroxyl groups is 2. The molecular weight excluding hydrogens is 654 g/mol. The highest BCUT2D eigenvalue weighted by atomic mass is 16.7. The molecule has 0 saturated carbocycles. The lowest BCUT2D eigenvalue weighted by atomic mass is 9.71. The Hall–Kier alpha value is -3.19. The molecule has 4 heterocycles. The maximum Gasteiger partial charge on any atom is 0.316 e. The zero-order valence-corrected chi connectivity index (χ0v) is 30.4. The van der Waals surface area contributed by atoms with E-state index in [1.54, 1.807) is 31.2 Å². The Morgan fingerprint density at radius 1 is 1.14 bits per heavy atom. The van der Waals surface area contributed by atoms with Gasteiger partial charge in [0.05, 0.1) is 36.4 Å². The van der Waals surface area contributed by atoms with E-state index in [-0.39, 0.29) is 36.5 Å². The Bertz CT molecular complexity index is 1580. The first-order valence-corrected chi connectivity index (χ1v) is 18.5. The standard InChI is InChI=1S/C40H53NO10/c1-6-34-24(2)15-17-39(51-34)22-32-21-31(50-39)14-13-26(4)36(47-18-16-28-10-8-12-30(20-28)41(45)46)25(3)9-7-11-29-23-48-37-35(42)27(5)19-33(38(43)49-32)40(29,37)44/h7-13,19-20,24-25,31-37,42,44H,6,14-18,21-23H2,1-5H3/b9-7+,26-13+,29-11+/t24-,25-,31+,32-,33-,34+,35+,36+,37+,39+,40+/m0/s1. The van der Waals surface area contributed by atoms with E-state index < -0.39 is 46.5 Å². The van der Waals surface area contributed by atoms with E-state index in [1.807, 2.05) is 25.1 Å². The lowest BCUT2D eigenvalue weighted by molar-refractivity contribution is -0.384. The van der Waals surface area contributed by atoms with E-state index in [2.05, 4.69) is 26.8 Å². The van der Waals surface area contributed by atoms with Gasteiger partial charge in [-0.2, -0.15) is 0 Å². The summed E-state index contributed by atoms with van der Waals surface area (Å²) < 4.78 is 32.3. The number of rotatable bonds is 6. The molecule has 1 spiro atoms. The van der Waals surface area contributed by atoms with Crippen LogP contribution in [0, 0.1) is 27.9 Å². The molecule has 4 aliphatic heterocycles. The fraction of sp³-hybridized carbons (Fsp3) is 0.625. The molecule has 3 fully saturated rings. The second kappa shape index (κ2) is 15.4. The third-order valence-electron chi connectivity index (χ3n) is 11.5. The van der Waals surface area contributed by atoms with E-state index in [9.17, 15) is 25.1 Å². The van der Waals surface area contributed by atoms with Crippen molar-refractivity contribution in [3.63, 3.8) is 0 Å². The smallest absolute Gasteiger partial charge is 0.316 e. The van der Waals surface area contributed by atoms with Crippen LogP contribution in [0.4, 0.5) is 5.69 Å². The highest BCUT2D eigenvalue weighted by Crippen LogP contribution is 2.47. The molecule has 11 atom stereocenters. The van der Waals surface area contributed by atoms with Crippen molar-refractivity contribution in [2.45, 2.75) is 128 Å². The van der Waals surface area contributed by atoms with E-state index in [1.165, 1.54) is 6.07 Å². The molecule has 5 aliphatic rings. The minimum Gasteiger partial charge on any atom is -0.462 e. The number of nitro groups is 1. The first-order chi connectivity index (χ1) is 24.3. The number of ether oxygens (including phenoxy) is 5. The molecule has 11 nitrogen and oxygen atoms in total. The summed E-state index contributed by atoms with van der Waals surface area (Å²) in [7, 11) is 0. The Labute approximate surface area is 300 Å². The van der Waals surface area contributed by atoms with Gasteiger partial charge in [-0.15, -0.1) is 0 Å². The second-order valence-electron chi connectivity index (χ2n) is 15.2. The van der Waals surface area contributed by atoms with Gasteiger partial charge in [-0.05, 0) is 67.7 Å². The minimum atomic E-state index is -1.79. The number of hydrogen-bond acceptors (Lipinski definition) is 10. The number of allylic oxidation sites excluding steroid dienone is 2. The number of aliphatic hydroxyl groups excluding tert-OH is 1. The third kappa shape index (κ3) is 7.79. The third-order valence-corrected chi connectivity index (χ3v) is 11.5. The van der Waals surface area contributed by atoms with Crippen LogP contribution < -0.4 is 0 Å². The number of benzene rings is 1. The number of carbonyl (C=O) groups is 1. The molecule has 11 heteroatoms. The summed E-state index contributed by atoms with van der Waals surface area (Å²) in [5.74, 6) is -2.25. The predicted molar refractivity (Wildman–Crippen MR) is 190 cm³/mol. The normalized spacial score (nSPS) is 41.4. The molecule has 1 aromatic rings. The Kier molecular flexibility index (Phi) is 11.4. The molecule has 0 unspecified atom stereocenters. The van der Waals surface area contributed by atoms with Crippen LogP contribution in [0.2, 0.25) is 0 Å². The molecule has 6 rings (SSSR count). The van der Waals surface area contributed by atoms with Crippen LogP contribution in [0.15, 0.2) is 71.4 Å². The summed E-state index contributed by atoms with van der Waals surface area (Å²) >= 11 is 0. The van der Waals surface area contributed by atoms with Crippen LogP contribution in [0.1, 0.15) is 78.7 Å². The van der Waals surface area contributed by atoms with Crippen molar-refractivity contribution in [3.8, 4) is 0 Å². The van der Waals surface area contributed by atoms with E-state index in [0.717, 1.165) is 24.0 Å².